The summed E-state index contributed by atoms with van der Waals surface area (Å²) in [5.41, 5.74) is 0.858. The van der Waals surface area contributed by atoms with Crippen molar-refractivity contribution in [3.05, 3.63) is 34.6 Å². The number of likely N-dealkylation sites (tertiary alicyclic amines) is 1. The Kier molecular flexibility index (Phi) is 5.05. The van der Waals surface area contributed by atoms with E-state index in [0.717, 1.165) is 18.7 Å². The molecule has 0 radical (unpaired) electrons. The highest BCUT2D eigenvalue weighted by Gasteiger charge is 2.26. The van der Waals surface area contributed by atoms with Crippen LogP contribution in [0.5, 0.6) is 0 Å². The van der Waals surface area contributed by atoms with Crippen molar-refractivity contribution >= 4 is 11.6 Å². The second-order valence-electron chi connectivity index (χ2n) is 6.63. The third-order valence-corrected chi connectivity index (χ3v) is 3.99. The van der Waals surface area contributed by atoms with Crippen LogP contribution in [0.1, 0.15) is 39.2 Å². The number of benzene rings is 1. The smallest absolute Gasteiger partial charge is 0.129 e. The molecule has 1 aliphatic heterocycles. The van der Waals surface area contributed by atoms with Crippen molar-refractivity contribution in [2.24, 2.45) is 0 Å². The minimum atomic E-state index is -0.202. The van der Waals surface area contributed by atoms with E-state index in [1.807, 2.05) is 0 Å². The zero-order chi connectivity index (χ0) is 14.8. The van der Waals surface area contributed by atoms with Gasteiger partial charge in [0.05, 0.1) is 0 Å². The van der Waals surface area contributed by atoms with Gasteiger partial charge in [0, 0.05) is 35.3 Å². The van der Waals surface area contributed by atoms with Crippen molar-refractivity contribution in [3.63, 3.8) is 0 Å². The molecule has 4 heteroatoms. The molecular weight excluding hydrogens is 275 g/mol. The second kappa shape index (κ2) is 6.42. The Morgan fingerprint density at radius 1 is 1.40 bits per heavy atom. The molecule has 2 rings (SSSR count). The lowest BCUT2D eigenvalue weighted by molar-refractivity contribution is 0.223. The van der Waals surface area contributed by atoms with E-state index >= 15 is 0 Å². The first kappa shape index (κ1) is 15.7. The van der Waals surface area contributed by atoms with Crippen LogP contribution >= 0.6 is 11.6 Å². The number of nitrogens with one attached hydrogen (secondary N) is 1. The third kappa shape index (κ3) is 4.44. The van der Waals surface area contributed by atoms with E-state index in [1.165, 1.54) is 18.9 Å². The summed E-state index contributed by atoms with van der Waals surface area (Å²) in [5.74, 6) is -0.202. The van der Waals surface area contributed by atoms with Crippen LogP contribution in [0.4, 0.5) is 4.39 Å². The summed E-state index contributed by atoms with van der Waals surface area (Å²) in [6.45, 7) is 9.18. The van der Waals surface area contributed by atoms with Gasteiger partial charge in [-0.2, -0.15) is 0 Å². The van der Waals surface area contributed by atoms with Crippen LogP contribution < -0.4 is 5.32 Å². The molecule has 1 atom stereocenters. The fourth-order valence-corrected chi connectivity index (χ4v) is 2.79. The zero-order valence-electron chi connectivity index (χ0n) is 12.5. The van der Waals surface area contributed by atoms with Crippen LogP contribution in [-0.4, -0.2) is 29.6 Å². The summed E-state index contributed by atoms with van der Waals surface area (Å²) >= 11 is 5.80. The van der Waals surface area contributed by atoms with Crippen LogP contribution in [0, 0.1) is 5.82 Å². The molecule has 0 amide bonds. The molecule has 1 fully saturated rings. The first-order valence-corrected chi connectivity index (χ1v) is 7.66. The van der Waals surface area contributed by atoms with Crippen molar-refractivity contribution in [3.8, 4) is 0 Å². The van der Waals surface area contributed by atoms with Crippen LogP contribution in [0.3, 0.4) is 0 Å². The first-order chi connectivity index (χ1) is 9.35. The average Bonchev–Trinajstić information content (AvgIpc) is 2.77. The van der Waals surface area contributed by atoms with Crippen LogP contribution in [0.2, 0.25) is 5.02 Å². The molecule has 1 heterocycles. The number of rotatable bonds is 4. The molecule has 1 aliphatic rings. The fraction of sp³-hybridized carbons (Fsp3) is 0.625. The maximum atomic E-state index is 13.9. The van der Waals surface area contributed by atoms with Crippen LogP contribution in [0.25, 0.3) is 0 Å². The van der Waals surface area contributed by atoms with Gasteiger partial charge in [0.25, 0.3) is 0 Å². The lowest BCUT2D eigenvalue weighted by atomic mass is 10.1. The Morgan fingerprint density at radius 3 is 2.80 bits per heavy atom. The van der Waals surface area contributed by atoms with Gasteiger partial charge in [-0.05, 0) is 52.3 Å². The normalized spacial score (nSPS) is 20.6. The molecule has 0 aliphatic carbocycles. The molecule has 20 heavy (non-hydrogen) atoms. The van der Waals surface area contributed by atoms with E-state index in [0.29, 0.717) is 17.6 Å². The minimum absolute atomic E-state index is 0.125. The highest BCUT2D eigenvalue weighted by molar-refractivity contribution is 6.30. The maximum absolute atomic E-state index is 13.9. The highest BCUT2D eigenvalue weighted by Crippen LogP contribution is 2.22. The van der Waals surface area contributed by atoms with Gasteiger partial charge in [-0.25, -0.2) is 4.39 Å². The third-order valence-electron chi connectivity index (χ3n) is 3.76. The number of nitrogens with zero attached hydrogens (tertiary/aromatic N) is 1. The summed E-state index contributed by atoms with van der Waals surface area (Å²) in [5, 5.41) is 4.00. The van der Waals surface area contributed by atoms with E-state index in [4.69, 9.17) is 11.6 Å². The molecule has 1 saturated heterocycles. The molecule has 0 spiro atoms. The van der Waals surface area contributed by atoms with E-state index in [-0.39, 0.29) is 11.4 Å². The Hall–Kier alpha value is -0.640. The quantitative estimate of drug-likeness (QED) is 0.909. The Morgan fingerprint density at radius 2 is 2.15 bits per heavy atom. The molecule has 1 aromatic carbocycles. The molecule has 2 nitrogen and oxygen atoms in total. The van der Waals surface area contributed by atoms with E-state index in [9.17, 15) is 4.39 Å². The predicted molar refractivity (Wildman–Crippen MR) is 82.6 cm³/mol. The van der Waals surface area contributed by atoms with Gasteiger partial charge in [0.1, 0.15) is 5.82 Å². The molecule has 0 bridgehead atoms. The lowest BCUT2D eigenvalue weighted by Gasteiger charge is -2.29. The van der Waals surface area contributed by atoms with Gasteiger partial charge in [0.2, 0.25) is 0 Å². The van der Waals surface area contributed by atoms with Crippen molar-refractivity contribution < 1.29 is 4.39 Å². The molecular formula is C16H24ClFN2. The number of hydrogen-bond acceptors (Lipinski definition) is 2. The van der Waals surface area contributed by atoms with Crippen molar-refractivity contribution in [1.82, 2.24) is 10.2 Å². The summed E-state index contributed by atoms with van der Waals surface area (Å²) in [4.78, 5) is 2.37. The van der Waals surface area contributed by atoms with Gasteiger partial charge >= 0.3 is 0 Å². The van der Waals surface area contributed by atoms with Gasteiger partial charge in [0.15, 0.2) is 0 Å². The lowest BCUT2D eigenvalue weighted by Crippen LogP contribution is -2.45. The van der Waals surface area contributed by atoms with Gasteiger partial charge in [-0.1, -0.05) is 17.7 Å². The Labute approximate surface area is 126 Å². The van der Waals surface area contributed by atoms with Gasteiger partial charge in [-0.3, -0.25) is 4.90 Å². The largest absolute Gasteiger partial charge is 0.311 e. The summed E-state index contributed by atoms with van der Waals surface area (Å²) in [6.07, 6.45) is 2.37. The fourth-order valence-electron chi connectivity index (χ4n) is 2.63. The molecule has 1 unspecified atom stereocenters. The van der Waals surface area contributed by atoms with Crippen molar-refractivity contribution in [2.45, 2.75) is 51.7 Å². The SMILES string of the molecule is CC(C)(C)NCC1CCCN1Cc1ccc(Cl)cc1F. The standard InChI is InChI=1S/C16H24ClFN2/c1-16(2,3)19-10-14-5-4-8-20(14)11-12-6-7-13(17)9-15(12)18/h6-7,9,14,19H,4-5,8,10-11H2,1-3H3. The summed E-state index contributed by atoms with van der Waals surface area (Å²) in [6, 6.07) is 5.45. The number of halogens is 2. The van der Waals surface area contributed by atoms with E-state index < -0.39 is 0 Å². The molecule has 112 valence electrons. The van der Waals surface area contributed by atoms with Crippen molar-refractivity contribution in [1.29, 1.82) is 0 Å². The second-order valence-corrected chi connectivity index (χ2v) is 7.07. The average molecular weight is 299 g/mol. The van der Waals surface area contributed by atoms with E-state index in [1.54, 1.807) is 12.1 Å². The maximum Gasteiger partial charge on any atom is 0.129 e. The van der Waals surface area contributed by atoms with Crippen LogP contribution in [-0.2, 0) is 6.54 Å². The Balaban J connectivity index is 1.97. The van der Waals surface area contributed by atoms with Crippen LogP contribution in [0.15, 0.2) is 18.2 Å². The number of hydrogen-bond donors (Lipinski definition) is 1. The van der Waals surface area contributed by atoms with E-state index in [2.05, 4.69) is 31.0 Å². The summed E-state index contributed by atoms with van der Waals surface area (Å²) in [7, 11) is 0. The summed E-state index contributed by atoms with van der Waals surface area (Å²) < 4.78 is 13.9. The molecule has 1 aromatic rings. The van der Waals surface area contributed by atoms with Crippen molar-refractivity contribution in [2.75, 3.05) is 13.1 Å². The zero-order valence-corrected chi connectivity index (χ0v) is 13.3. The Bertz CT molecular complexity index is 456. The minimum Gasteiger partial charge on any atom is -0.311 e. The molecule has 0 saturated carbocycles. The highest BCUT2D eigenvalue weighted by atomic mass is 35.5. The monoisotopic (exact) mass is 298 g/mol. The first-order valence-electron chi connectivity index (χ1n) is 7.28. The van der Waals surface area contributed by atoms with Gasteiger partial charge in [-0.15, -0.1) is 0 Å². The molecule has 1 N–H and O–H groups in total. The topological polar surface area (TPSA) is 15.3 Å². The van der Waals surface area contributed by atoms with Gasteiger partial charge < -0.3 is 5.32 Å². The predicted octanol–water partition coefficient (Wildman–Crippen LogP) is 3.83. The molecule has 0 aromatic heterocycles.